The Morgan fingerprint density at radius 3 is 2.67 bits per heavy atom. The van der Waals surface area contributed by atoms with E-state index in [1.807, 2.05) is 0 Å². The minimum Gasteiger partial charge on any atom is -0.455 e. The molecule has 168 valence electrons. The van der Waals surface area contributed by atoms with Crippen LogP contribution < -0.4 is 10.7 Å². The van der Waals surface area contributed by atoms with Crippen molar-refractivity contribution in [1.82, 2.24) is 4.98 Å². The van der Waals surface area contributed by atoms with Crippen molar-refractivity contribution < 1.29 is 19.1 Å². The summed E-state index contributed by atoms with van der Waals surface area (Å²) in [5.41, 5.74) is 3.64. The smallest absolute Gasteiger partial charge is 0.301 e. The molecule has 1 aromatic carbocycles. The number of nitro groups is 2. The van der Waals surface area contributed by atoms with Gasteiger partial charge in [0.05, 0.1) is 21.6 Å². The summed E-state index contributed by atoms with van der Waals surface area (Å²) >= 11 is 0. The van der Waals surface area contributed by atoms with Crippen molar-refractivity contribution in [3.63, 3.8) is 0 Å². The molecule has 1 aliphatic carbocycles. The van der Waals surface area contributed by atoms with Gasteiger partial charge in [-0.2, -0.15) is 5.10 Å². The Labute approximate surface area is 186 Å². The largest absolute Gasteiger partial charge is 0.455 e. The number of benzene rings is 1. The van der Waals surface area contributed by atoms with Gasteiger partial charge in [0.1, 0.15) is 17.3 Å². The van der Waals surface area contributed by atoms with Gasteiger partial charge in [0.2, 0.25) is 0 Å². The van der Waals surface area contributed by atoms with Crippen LogP contribution in [0.25, 0.3) is 0 Å². The third kappa shape index (κ3) is 4.39. The Kier molecular flexibility index (Phi) is 5.81. The minimum atomic E-state index is -0.717. The number of aryl methyl sites for hydroxylation is 1. The quantitative estimate of drug-likeness (QED) is 0.416. The molecule has 0 atom stereocenters. The van der Waals surface area contributed by atoms with Crippen molar-refractivity contribution >= 4 is 34.5 Å². The number of nitrogens with one attached hydrogen (secondary N) is 2. The van der Waals surface area contributed by atoms with Crippen LogP contribution in [0, 0.1) is 27.2 Å². The van der Waals surface area contributed by atoms with E-state index >= 15 is 0 Å². The van der Waals surface area contributed by atoms with E-state index in [1.165, 1.54) is 6.07 Å². The summed E-state index contributed by atoms with van der Waals surface area (Å²) < 4.78 is 5.83. The molecule has 12 heteroatoms. The number of hydrogen-bond donors (Lipinski definition) is 2. The zero-order valence-electron chi connectivity index (χ0n) is 17.4. The fourth-order valence-electron chi connectivity index (χ4n) is 3.61. The number of hydrogen-bond acceptors (Lipinski definition) is 9. The summed E-state index contributed by atoms with van der Waals surface area (Å²) in [6, 6.07) is 8.40. The molecule has 0 saturated heterocycles. The molecule has 0 unspecified atom stereocenters. The highest BCUT2D eigenvalue weighted by atomic mass is 16.6. The number of rotatable bonds is 6. The number of fused-ring (bicyclic) bond motifs is 1. The van der Waals surface area contributed by atoms with Gasteiger partial charge in [0.15, 0.2) is 5.76 Å². The Hall–Kier alpha value is -4.61. The third-order valence-electron chi connectivity index (χ3n) is 5.14. The van der Waals surface area contributed by atoms with Crippen LogP contribution in [0.15, 0.2) is 52.1 Å². The molecule has 0 spiro atoms. The molecule has 4 rings (SSSR count). The van der Waals surface area contributed by atoms with Crippen LogP contribution in [0.1, 0.15) is 40.3 Å². The summed E-state index contributed by atoms with van der Waals surface area (Å²) in [5.74, 6) is 0.682. The first-order valence-electron chi connectivity index (χ1n) is 9.95. The SMILES string of the molecule is Cc1c(C(=O)Nc2ccccn2)oc2c1/C(=N/Nc1ccc([N+](=O)[O-])cc1[N+](=O)[O-])CCC2. The second-order valence-electron chi connectivity index (χ2n) is 7.26. The Morgan fingerprint density at radius 2 is 1.97 bits per heavy atom. The summed E-state index contributed by atoms with van der Waals surface area (Å²) in [7, 11) is 0. The van der Waals surface area contributed by atoms with E-state index in [-0.39, 0.29) is 11.4 Å². The van der Waals surface area contributed by atoms with Gasteiger partial charge in [-0.3, -0.25) is 30.4 Å². The Bertz CT molecular complexity index is 1280. The van der Waals surface area contributed by atoms with Crippen LogP contribution in [0.5, 0.6) is 0 Å². The lowest BCUT2D eigenvalue weighted by atomic mass is 9.93. The molecule has 2 heterocycles. The van der Waals surface area contributed by atoms with Gasteiger partial charge >= 0.3 is 5.69 Å². The van der Waals surface area contributed by atoms with Crippen LogP contribution >= 0.6 is 0 Å². The van der Waals surface area contributed by atoms with Crippen LogP contribution in [0.4, 0.5) is 22.9 Å². The number of carbonyl (C=O) groups excluding carboxylic acids is 1. The van der Waals surface area contributed by atoms with Crippen molar-refractivity contribution in [2.45, 2.75) is 26.2 Å². The van der Waals surface area contributed by atoms with Crippen molar-refractivity contribution in [1.29, 1.82) is 0 Å². The standard InChI is InChI=1S/C21H18N6O6/c1-12-19-15(25-24-14-9-8-13(26(29)30)11-16(14)27(31)32)5-4-6-17(19)33-20(12)21(28)23-18-7-2-3-10-22-18/h2-3,7-11,24H,4-6H2,1H3,(H,22,23,28)/b25-15+. The Morgan fingerprint density at radius 1 is 1.15 bits per heavy atom. The number of amides is 1. The van der Waals surface area contributed by atoms with Gasteiger partial charge in [-0.25, -0.2) is 4.98 Å². The molecule has 1 aliphatic rings. The topological polar surface area (TPSA) is 166 Å². The van der Waals surface area contributed by atoms with Crippen LogP contribution in [-0.4, -0.2) is 26.4 Å². The molecular weight excluding hydrogens is 432 g/mol. The number of aromatic nitrogens is 1. The van der Waals surface area contributed by atoms with E-state index in [4.69, 9.17) is 4.42 Å². The predicted octanol–water partition coefficient (Wildman–Crippen LogP) is 4.20. The van der Waals surface area contributed by atoms with E-state index in [0.717, 1.165) is 12.1 Å². The van der Waals surface area contributed by atoms with Gasteiger partial charge in [0, 0.05) is 29.8 Å². The predicted molar refractivity (Wildman–Crippen MR) is 118 cm³/mol. The molecule has 1 amide bonds. The van der Waals surface area contributed by atoms with E-state index in [1.54, 1.807) is 31.3 Å². The lowest BCUT2D eigenvalue weighted by Crippen LogP contribution is -2.15. The molecule has 2 N–H and O–H groups in total. The van der Waals surface area contributed by atoms with E-state index in [0.29, 0.717) is 47.7 Å². The monoisotopic (exact) mass is 450 g/mol. The second kappa shape index (κ2) is 8.86. The maximum atomic E-state index is 12.7. The number of non-ortho nitro benzene ring substituents is 1. The first kappa shape index (κ1) is 21.6. The highest BCUT2D eigenvalue weighted by molar-refractivity contribution is 6.09. The van der Waals surface area contributed by atoms with Crippen LogP contribution in [0.2, 0.25) is 0 Å². The van der Waals surface area contributed by atoms with E-state index < -0.39 is 27.1 Å². The average Bonchev–Trinajstić information content (AvgIpc) is 3.15. The maximum absolute atomic E-state index is 12.7. The van der Waals surface area contributed by atoms with Gasteiger partial charge in [-0.1, -0.05) is 6.07 Å². The summed E-state index contributed by atoms with van der Waals surface area (Å²) in [6.07, 6.45) is 3.44. The highest BCUT2D eigenvalue weighted by Crippen LogP contribution is 2.32. The molecule has 0 bridgehead atoms. The summed E-state index contributed by atoms with van der Waals surface area (Å²) in [4.78, 5) is 37.6. The molecule has 0 fully saturated rings. The van der Waals surface area contributed by atoms with Crippen LogP contribution in [0.3, 0.4) is 0 Å². The molecule has 2 aromatic heterocycles. The van der Waals surface area contributed by atoms with Crippen molar-refractivity contribution in [2.24, 2.45) is 5.10 Å². The molecule has 3 aromatic rings. The molecule has 0 radical (unpaired) electrons. The average molecular weight is 450 g/mol. The number of nitrogens with zero attached hydrogens (tertiary/aromatic N) is 4. The molecule has 0 aliphatic heterocycles. The van der Waals surface area contributed by atoms with Gasteiger partial charge in [-0.05, 0) is 38.0 Å². The van der Waals surface area contributed by atoms with Gasteiger partial charge < -0.3 is 9.73 Å². The first-order chi connectivity index (χ1) is 15.8. The first-order valence-corrected chi connectivity index (χ1v) is 9.95. The number of nitro benzene ring substituents is 2. The number of pyridine rings is 1. The van der Waals surface area contributed by atoms with Gasteiger partial charge in [0.25, 0.3) is 11.6 Å². The van der Waals surface area contributed by atoms with Crippen molar-refractivity contribution in [3.8, 4) is 0 Å². The zero-order valence-corrected chi connectivity index (χ0v) is 17.4. The van der Waals surface area contributed by atoms with Crippen molar-refractivity contribution in [2.75, 3.05) is 10.7 Å². The number of carbonyl (C=O) groups is 1. The number of hydrazone groups is 1. The molecule has 33 heavy (non-hydrogen) atoms. The maximum Gasteiger partial charge on any atom is 0.301 e. The lowest BCUT2D eigenvalue weighted by Gasteiger charge is -2.13. The summed E-state index contributed by atoms with van der Waals surface area (Å²) in [6.45, 7) is 1.74. The molecule has 12 nitrogen and oxygen atoms in total. The van der Waals surface area contributed by atoms with Crippen molar-refractivity contribution in [3.05, 3.63) is 85.5 Å². The number of furan rings is 1. The van der Waals surface area contributed by atoms with E-state index in [2.05, 4.69) is 20.8 Å². The molecular formula is C21H18N6O6. The fourth-order valence-corrected chi connectivity index (χ4v) is 3.61. The minimum absolute atomic E-state index is 0.0134. The normalized spacial score (nSPS) is 13.9. The summed E-state index contributed by atoms with van der Waals surface area (Å²) in [5, 5.41) is 29.3. The van der Waals surface area contributed by atoms with E-state index in [9.17, 15) is 25.0 Å². The number of anilines is 2. The fraction of sp³-hybridized carbons (Fsp3) is 0.190. The Balaban J connectivity index is 1.63. The third-order valence-corrected chi connectivity index (χ3v) is 5.14. The second-order valence-corrected chi connectivity index (χ2v) is 7.26. The molecule has 0 saturated carbocycles. The van der Waals surface area contributed by atoms with Crippen LogP contribution in [-0.2, 0) is 6.42 Å². The highest BCUT2D eigenvalue weighted by Gasteiger charge is 2.28. The van der Waals surface area contributed by atoms with Gasteiger partial charge in [-0.15, -0.1) is 0 Å². The zero-order chi connectivity index (χ0) is 23.5. The lowest BCUT2D eigenvalue weighted by molar-refractivity contribution is -0.393.